The Morgan fingerprint density at radius 3 is 2.90 bits per heavy atom. The second-order valence-corrected chi connectivity index (χ2v) is 5.21. The lowest BCUT2D eigenvalue weighted by atomic mass is 10.2. The van der Waals surface area contributed by atoms with Gasteiger partial charge in [0, 0.05) is 31.0 Å². The quantitative estimate of drug-likeness (QED) is 0.628. The number of benzene rings is 1. The van der Waals surface area contributed by atoms with Crippen LogP contribution in [0.15, 0.2) is 24.3 Å². The number of nitrogens with zero attached hydrogens (tertiary/aromatic N) is 1. The molecular formula is C16H20ClNO2. The zero-order valence-electron chi connectivity index (χ0n) is 11.8. The van der Waals surface area contributed by atoms with E-state index in [9.17, 15) is 0 Å². The highest BCUT2D eigenvalue weighted by molar-refractivity contribution is 6.18. The molecule has 20 heavy (non-hydrogen) atoms. The Bertz CT molecular complexity index is 464. The van der Waals surface area contributed by atoms with Gasteiger partial charge in [-0.25, -0.2) is 0 Å². The molecular weight excluding hydrogens is 274 g/mol. The van der Waals surface area contributed by atoms with Gasteiger partial charge in [-0.15, -0.1) is 11.6 Å². The predicted octanol–water partition coefficient (Wildman–Crippen LogP) is 2.38. The van der Waals surface area contributed by atoms with E-state index in [-0.39, 0.29) is 6.10 Å². The average molecular weight is 294 g/mol. The summed E-state index contributed by atoms with van der Waals surface area (Å²) in [7, 11) is 2.10. The molecule has 4 heteroatoms. The van der Waals surface area contributed by atoms with Gasteiger partial charge < -0.3 is 14.4 Å². The molecule has 1 atom stereocenters. The van der Waals surface area contributed by atoms with E-state index in [2.05, 4.69) is 23.8 Å². The first kappa shape index (κ1) is 15.2. The smallest absolute Gasteiger partial charge is 0.119 e. The molecule has 0 N–H and O–H groups in total. The number of hydrogen-bond donors (Lipinski definition) is 0. The molecule has 1 aromatic carbocycles. The van der Waals surface area contributed by atoms with Gasteiger partial charge >= 0.3 is 0 Å². The highest BCUT2D eigenvalue weighted by Gasteiger charge is 2.17. The van der Waals surface area contributed by atoms with E-state index in [1.165, 1.54) is 0 Å². The van der Waals surface area contributed by atoms with E-state index in [0.717, 1.165) is 31.0 Å². The molecule has 0 aromatic heterocycles. The molecule has 1 heterocycles. The van der Waals surface area contributed by atoms with Crippen LogP contribution in [0.25, 0.3) is 0 Å². The second-order valence-electron chi connectivity index (χ2n) is 4.83. The lowest BCUT2D eigenvalue weighted by molar-refractivity contribution is -0.0403. The lowest BCUT2D eigenvalue weighted by Gasteiger charge is -2.29. The van der Waals surface area contributed by atoms with Crippen LogP contribution in [0.1, 0.15) is 12.0 Å². The van der Waals surface area contributed by atoms with Crippen LogP contribution in [0.3, 0.4) is 0 Å². The first-order chi connectivity index (χ1) is 9.78. The first-order valence-electron chi connectivity index (χ1n) is 6.86. The monoisotopic (exact) mass is 293 g/mol. The second kappa shape index (κ2) is 8.16. The van der Waals surface area contributed by atoms with Crippen molar-refractivity contribution in [2.24, 2.45) is 0 Å². The van der Waals surface area contributed by atoms with Gasteiger partial charge in [0.1, 0.15) is 18.5 Å². The van der Waals surface area contributed by atoms with Gasteiger partial charge in [-0.05, 0) is 31.3 Å². The van der Waals surface area contributed by atoms with Crippen molar-refractivity contribution in [1.29, 1.82) is 0 Å². The van der Waals surface area contributed by atoms with Crippen LogP contribution in [0.5, 0.6) is 5.75 Å². The van der Waals surface area contributed by atoms with Crippen LogP contribution in [0.2, 0.25) is 0 Å². The fourth-order valence-corrected chi connectivity index (χ4v) is 2.10. The summed E-state index contributed by atoms with van der Waals surface area (Å²) in [6.45, 7) is 3.27. The van der Waals surface area contributed by atoms with Gasteiger partial charge in [-0.2, -0.15) is 0 Å². The number of rotatable bonds is 4. The lowest BCUT2D eigenvalue weighted by Crippen LogP contribution is -2.42. The molecule has 1 unspecified atom stereocenters. The summed E-state index contributed by atoms with van der Waals surface area (Å²) in [5.41, 5.74) is 0.983. The maximum atomic E-state index is 5.75. The molecule has 0 amide bonds. The summed E-state index contributed by atoms with van der Waals surface area (Å²) in [5.74, 6) is 7.50. The van der Waals surface area contributed by atoms with Crippen molar-refractivity contribution < 1.29 is 9.47 Å². The molecule has 1 aromatic rings. The molecule has 108 valence electrons. The molecule has 1 aliphatic heterocycles. The number of halogens is 1. The van der Waals surface area contributed by atoms with Crippen molar-refractivity contribution in [3.8, 4) is 17.6 Å². The largest absolute Gasteiger partial charge is 0.491 e. The van der Waals surface area contributed by atoms with E-state index in [1.54, 1.807) is 0 Å². The summed E-state index contributed by atoms with van der Waals surface area (Å²) < 4.78 is 11.4. The third-order valence-electron chi connectivity index (χ3n) is 3.08. The standard InChI is InChI=1S/C16H20ClNO2/c1-18-10-11-19-16(12-18)13-20-15-7-5-14(6-8-15)4-2-3-9-17/h5-8,16H,3,9-13H2,1H3. The number of likely N-dealkylation sites (N-methyl/N-ethyl adjacent to an activating group) is 1. The van der Waals surface area contributed by atoms with Crippen LogP contribution in [0.4, 0.5) is 0 Å². The Hall–Kier alpha value is -1.21. The summed E-state index contributed by atoms with van der Waals surface area (Å²) in [5, 5.41) is 0. The molecule has 3 nitrogen and oxygen atoms in total. The molecule has 1 fully saturated rings. The van der Waals surface area contributed by atoms with Crippen LogP contribution in [-0.2, 0) is 4.74 Å². The number of morpholine rings is 1. The molecule has 0 bridgehead atoms. The fourth-order valence-electron chi connectivity index (χ4n) is 2.00. The maximum absolute atomic E-state index is 5.75. The van der Waals surface area contributed by atoms with E-state index in [0.29, 0.717) is 18.9 Å². The Morgan fingerprint density at radius 1 is 1.40 bits per heavy atom. The highest BCUT2D eigenvalue weighted by Crippen LogP contribution is 2.13. The summed E-state index contributed by atoms with van der Waals surface area (Å²) in [6, 6.07) is 7.81. The van der Waals surface area contributed by atoms with Gasteiger partial charge in [-0.3, -0.25) is 0 Å². The fraction of sp³-hybridized carbons (Fsp3) is 0.500. The third kappa shape index (κ3) is 5.05. The zero-order valence-corrected chi connectivity index (χ0v) is 12.5. The summed E-state index contributed by atoms with van der Waals surface area (Å²) in [6.07, 6.45) is 0.865. The minimum atomic E-state index is 0.150. The summed E-state index contributed by atoms with van der Waals surface area (Å²) >= 11 is 5.58. The van der Waals surface area contributed by atoms with Crippen LogP contribution < -0.4 is 4.74 Å². The maximum Gasteiger partial charge on any atom is 0.119 e. The van der Waals surface area contributed by atoms with Crippen molar-refractivity contribution in [2.45, 2.75) is 12.5 Å². The first-order valence-corrected chi connectivity index (χ1v) is 7.39. The van der Waals surface area contributed by atoms with Crippen molar-refractivity contribution in [2.75, 3.05) is 39.2 Å². The molecule has 1 saturated heterocycles. The van der Waals surface area contributed by atoms with Gasteiger partial charge in [-0.1, -0.05) is 11.8 Å². The van der Waals surface area contributed by atoms with Crippen LogP contribution in [-0.4, -0.2) is 50.2 Å². The van der Waals surface area contributed by atoms with Crippen LogP contribution >= 0.6 is 11.6 Å². The Kier molecular flexibility index (Phi) is 6.20. The SMILES string of the molecule is CN1CCOC(COc2ccc(C#CCCCl)cc2)C1. The normalized spacial score (nSPS) is 19.2. The number of hydrogen-bond acceptors (Lipinski definition) is 3. The zero-order chi connectivity index (χ0) is 14.2. The molecule has 0 radical (unpaired) electrons. The summed E-state index contributed by atoms with van der Waals surface area (Å²) in [4.78, 5) is 2.26. The average Bonchev–Trinajstić information content (AvgIpc) is 2.47. The van der Waals surface area contributed by atoms with E-state index >= 15 is 0 Å². The Balaban J connectivity index is 1.80. The minimum Gasteiger partial charge on any atom is -0.491 e. The van der Waals surface area contributed by atoms with E-state index in [1.807, 2.05) is 24.3 Å². The van der Waals surface area contributed by atoms with Crippen molar-refractivity contribution in [3.05, 3.63) is 29.8 Å². The number of ether oxygens (including phenoxy) is 2. The predicted molar refractivity (Wildman–Crippen MR) is 81.4 cm³/mol. The van der Waals surface area contributed by atoms with E-state index in [4.69, 9.17) is 21.1 Å². The molecule has 0 spiro atoms. The van der Waals surface area contributed by atoms with Gasteiger partial charge in [0.05, 0.1) is 6.61 Å². The van der Waals surface area contributed by atoms with Crippen molar-refractivity contribution in [1.82, 2.24) is 4.90 Å². The van der Waals surface area contributed by atoms with Crippen molar-refractivity contribution in [3.63, 3.8) is 0 Å². The van der Waals surface area contributed by atoms with Crippen molar-refractivity contribution >= 4 is 11.6 Å². The number of alkyl halides is 1. The Labute approximate surface area is 125 Å². The van der Waals surface area contributed by atoms with E-state index < -0.39 is 0 Å². The highest BCUT2D eigenvalue weighted by atomic mass is 35.5. The third-order valence-corrected chi connectivity index (χ3v) is 3.27. The Morgan fingerprint density at radius 2 is 2.20 bits per heavy atom. The molecule has 0 saturated carbocycles. The molecule has 0 aliphatic carbocycles. The van der Waals surface area contributed by atoms with Crippen LogP contribution in [0, 0.1) is 11.8 Å². The molecule has 2 rings (SSSR count). The topological polar surface area (TPSA) is 21.7 Å². The van der Waals surface area contributed by atoms with Gasteiger partial charge in [0.15, 0.2) is 0 Å². The minimum absolute atomic E-state index is 0.150. The van der Waals surface area contributed by atoms with Gasteiger partial charge in [0.2, 0.25) is 0 Å². The molecule has 1 aliphatic rings. The van der Waals surface area contributed by atoms with Gasteiger partial charge in [0.25, 0.3) is 0 Å².